The number of nitrogens with zero attached hydrogens (tertiary/aromatic N) is 4. The van der Waals surface area contributed by atoms with Crippen molar-refractivity contribution in [2.45, 2.75) is 12.3 Å². The third-order valence-electron chi connectivity index (χ3n) is 1.63. The molecule has 0 atom stereocenters. The highest BCUT2D eigenvalue weighted by molar-refractivity contribution is 4.52. The van der Waals surface area contributed by atoms with Crippen molar-refractivity contribution in [3.05, 3.63) is 40.5 Å². The summed E-state index contributed by atoms with van der Waals surface area (Å²) >= 11 is 0. The minimum absolute atomic E-state index is 0.835. The Morgan fingerprint density at radius 3 is 1.12 bits per heavy atom. The molecule has 0 aliphatic carbocycles. The summed E-state index contributed by atoms with van der Waals surface area (Å²) in [6.45, 7) is -1.67. The van der Waals surface area contributed by atoms with Crippen molar-refractivity contribution in [2.24, 2.45) is 0 Å². The first-order chi connectivity index (χ1) is 7.77. The summed E-state index contributed by atoms with van der Waals surface area (Å²) in [5, 5.41) is 42.5. The molecule has 1 N–H and O–H groups in total. The molecule has 0 saturated carbocycles. The molecule has 0 aromatic rings. The molecule has 0 aliphatic heterocycles. The van der Waals surface area contributed by atoms with Gasteiger partial charge in [-0.25, -0.2) is 0 Å². The maximum Gasteiger partial charge on any atom is 0.462 e. The van der Waals surface area contributed by atoms with Gasteiger partial charge < -0.3 is 0 Å². The first-order valence-corrected chi connectivity index (χ1v) is 4.02. The minimum Gasteiger partial charge on any atom is -0.292 e. The van der Waals surface area contributed by atoms with Crippen LogP contribution in [0.25, 0.3) is 0 Å². The summed E-state index contributed by atoms with van der Waals surface area (Å²) in [7, 11) is 0. The molecule has 0 radical (unpaired) electrons. The number of nitro groups is 4. The van der Waals surface area contributed by atoms with E-state index in [1.807, 2.05) is 5.32 Å². The van der Waals surface area contributed by atoms with E-state index in [0.29, 0.717) is 0 Å². The Balaban J connectivity index is 4.29. The number of hydrogen-bond acceptors (Lipinski definition) is 9. The maximum absolute atomic E-state index is 10.1. The lowest BCUT2D eigenvalue weighted by Gasteiger charge is -2.04. The van der Waals surface area contributed by atoms with Crippen LogP contribution in [0.5, 0.6) is 0 Å². The van der Waals surface area contributed by atoms with Gasteiger partial charge in [-0.3, -0.25) is 45.8 Å². The fourth-order valence-electron chi connectivity index (χ4n) is 0.794. The normalized spacial score (nSPS) is 10.5. The van der Waals surface area contributed by atoms with Gasteiger partial charge in [0, 0.05) is 0 Å². The maximum atomic E-state index is 10.1. The van der Waals surface area contributed by atoms with Crippen molar-refractivity contribution in [1.29, 1.82) is 0 Å². The standard InChI is InChI=1S/C4H7N5O8/c10-6(11)3(7(12)13)1-5-2-4(8(14)15)9(16)17/h3-5H,1-2H2. The van der Waals surface area contributed by atoms with E-state index in [0.717, 1.165) is 0 Å². The zero-order valence-electron chi connectivity index (χ0n) is 8.12. The van der Waals surface area contributed by atoms with Gasteiger partial charge in [0.1, 0.15) is 13.1 Å². The molecule has 0 rings (SSSR count). The van der Waals surface area contributed by atoms with Crippen LogP contribution in [0.2, 0.25) is 0 Å². The summed E-state index contributed by atoms with van der Waals surface area (Å²) in [6, 6.07) is 0. The molecule has 17 heavy (non-hydrogen) atoms. The van der Waals surface area contributed by atoms with E-state index in [4.69, 9.17) is 0 Å². The van der Waals surface area contributed by atoms with Gasteiger partial charge in [0.05, 0.1) is 19.7 Å². The van der Waals surface area contributed by atoms with Crippen LogP contribution in [0.1, 0.15) is 0 Å². The SMILES string of the molecule is O=[N+]([O-])C(CNCC([N+](=O)[O-])[N+](=O)[O-])[N+](=O)[O-]. The zero-order valence-corrected chi connectivity index (χ0v) is 8.12. The van der Waals surface area contributed by atoms with Gasteiger partial charge in [0.2, 0.25) is 0 Å². The first kappa shape index (κ1) is 14.6. The Kier molecular flexibility index (Phi) is 5.32. The zero-order chi connectivity index (χ0) is 13.6. The molecule has 0 aromatic heterocycles. The summed E-state index contributed by atoms with van der Waals surface area (Å²) in [6.07, 6.45) is -4.40. The number of nitrogens with one attached hydrogen (secondary N) is 1. The highest BCUT2D eigenvalue weighted by Crippen LogP contribution is 1.92. The van der Waals surface area contributed by atoms with Crippen molar-refractivity contribution in [2.75, 3.05) is 13.1 Å². The molecule has 0 heterocycles. The summed E-state index contributed by atoms with van der Waals surface area (Å²) in [4.78, 5) is 35.7. The molecule has 0 fully saturated rings. The molecule has 0 saturated heterocycles. The van der Waals surface area contributed by atoms with Gasteiger partial charge in [-0.1, -0.05) is 0 Å². The van der Waals surface area contributed by atoms with Crippen LogP contribution < -0.4 is 5.32 Å². The van der Waals surface area contributed by atoms with Crippen molar-refractivity contribution in [1.82, 2.24) is 5.32 Å². The lowest BCUT2D eigenvalue weighted by Crippen LogP contribution is -2.45. The quantitative estimate of drug-likeness (QED) is 0.300. The topological polar surface area (TPSA) is 185 Å². The third kappa shape index (κ3) is 4.74. The van der Waals surface area contributed by atoms with Crippen LogP contribution in [0.15, 0.2) is 0 Å². The van der Waals surface area contributed by atoms with Crippen molar-refractivity contribution in [3.8, 4) is 0 Å². The fourth-order valence-corrected chi connectivity index (χ4v) is 0.794. The van der Waals surface area contributed by atoms with E-state index in [9.17, 15) is 40.5 Å². The van der Waals surface area contributed by atoms with E-state index in [1.54, 1.807) is 0 Å². The van der Waals surface area contributed by atoms with E-state index < -0.39 is 45.1 Å². The fraction of sp³-hybridized carbons (Fsp3) is 1.00. The highest BCUT2D eigenvalue weighted by Gasteiger charge is 2.36. The van der Waals surface area contributed by atoms with Crippen LogP contribution in [0.4, 0.5) is 0 Å². The largest absolute Gasteiger partial charge is 0.462 e. The van der Waals surface area contributed by atoms with E-state index in [2.05, 4.69) is 0 Å². The summed E-state index contributed by atoms with van der Waals surface area (Å²) < 4.78 is 0. The first-order valence-electron chi connectivity index (χ1n) is 4.02. The average Bonchev–Trinajstić information content (AvgIpc) is 2.14. The van der Waals surface area contributed by atoms with Crippen LogP contribution in [0.3, 0.4) is 0 Å². The van der Waals surface area contributed by atoms with Crippen molar-refractivity contribution in [3.63, 3.8) is 0 Å². The second-order valence-corrected chi connectivity index (χ2v) is 2.76. The molecule has 0 aromatic carbocycles. The Morgan fingerprint density at radius 2 is 0.941 bits per heavy atom. The summed E-state index contributed by atoms with van der Waals surface area (Å²) in [5.41, 5.74) is 0. The lowest BCUT2D eigenvalue weighted by atomic mass is 10.4. The molecule has 96 valence electrons. The second-order valence-electron chi connectivity index (χ2n) is 2.76. The monoisotopic (exact) mass is 253 g/mol. The van der Waals surface area contributed by atoms with Crippen LogP contribution in [-0.2, 0) is 0 Å². The van der Waals surface area contributed by atoms with Gasteiger partial charge in [-0.15, -0.1) is 0 Å². The smallest absolute Gasteiger partial charge is 0.292 e. The predicted octanol–water partition coefficient (Wildman–Crippen LogP) is -1.66. The molecule has 0 spiro atoms. The van der Waals surface area contributed by atoms with E-state index in [-0.39, 0.29) is 0 Å². The molecule has 13 nitrogen and oxygen atoms in total. The summed E-state index contributed by atoms with van der Waals surface area (Å²) in [5.74, 6) is 0. The third-order valence-corrected chi connectivity index (χ3v) is 1.63. The van der Waals surface area contributed by atoms with Crippen LogP contribution in [-0.4, -0.2) is 45.1 Å². The average molecular weight is 253 g/mol. The highest BCUT2D eigenvalue weighted by atomic mass is 16.7. The van der Waals surface area contributed by atoms with Gasteiger partial charge in [0.15, 0.2) is 0 Å². The number of hydrogen-bond donors (Lipinski definition) is 1. The van der Waals surface area contributed by atoms with Gasteiger partial charge in [-0.05, 0) is 0 Å². The minimum atomic E-state index is -2.20. The van der Waals surface area contributed by atoms with Crippen molar-refractivity contribution >= 4 is 0 Å². The molecule has 0 bridgehead atoms. The van der Waals surface area contributed by atoms with Gasteiger partial charge in [0.25, 0.3) is 0 Å². The molecule has 0 aliphatic rings. The van der Waals surface area contributed by atoms with Gasteiger partial charge >= 0.3 is 12.3 Å². The Labute approximate surface area is 92.0 Å². The molecule has 13 heteroatoms. The molecule has 0 amide bonds. The van der Waals surface area contributed by atoms with Crippen LogP contribution >= 0.6 is 0 Å². The Hall–Kier alpha value is -2.44. The molecule has 0 unspecified atom stereocenters. The van der Waals surface area contributed by atoms with Crippen molar-refractivity contribution < 1.29 is 19.7 Å². The number of rotatable bonds is 8. The van der Waals surface area contributed by atoms with E-state index >= 15 is 0 Å². The Morgan fingerprint density at radius 1 is 0.706 bits per heavy atom. The lowest BCUT2D eigenvalue weighted by molar-refractivity contribution is -0.744. The van der Waals surface area contributed by atoms with E-state index in [1.165, 1.54) is 0 Å². The molecular weight excluding hydrogens is 246 g/mol. The van der Waals surface area contributed by atoms with Gasteiger partial charge in [-0.2, -0.15) is 0 Å². The van der Waals surface area contributed by atoms with Crippen LogP contribution in [0, 0.1) is 40.5 Å². The molecular formula is C4H7N5O8. The Bertz CT molecular complexity index is 283. The predicted molar refractivity (Wildman–Crippen MR) is 48.4 cm³/mol. The second kappa shape index (κ2) is 6.21.